The lowest BCUT2D eigenvalue weighted by atomic mass is 10.0. The van der Waals surface area contributed by atoms with E-state index in [9.17, 15) is 0 Å². The van der Waals surface area contributed by atoms with Gasteiger partial charge in [0.2, 0.25) is 0 Å². The second-order valence-corrected chi connectivity index (χ2v) is 5.02. The fourth-order valence-electron chi connectivity index (χ4n) is 2.44. The molecule has 0 atom stereocenters. The molecule has 1 aromatic rings. The fraction of sp³-hybridized carbons (Fsp3) is 0.222. The summed E-state index contributed by atoms with van der Waals surface area (Å²) in [6.07, 6.45) is 9.60. The molecule has 0 heterocycles. The summed E-state index contributed by atoms with van der Waals surface area (Å²) in [5.41, 5.74) is 3.63. The van der Waals surface area contributed by atoms with Gasteiger partial charge in [-0.1, -0.05) is 41.8 Å². The Kier molecular flexibility index (Phi) is 3.25. The van der Waals surface area contributed by atoms with Crippen molar-refractivity contribution in [2.24, 2.45) is 0 Å². The van der Waals surface area contributed by atoms with Crippen molar-refractivity contribution in [2.75, 3.05) is 0 Å². The van der Waals surface area contributed by atoms with Crippen molar-refractivity contribution in [3.8, 4) is 11.8 Å². The topological polar surface area (TPSA) is 12.0 Å². The average Bonchev–Trinajstić information content (AvgIpc) is 2.64. The highest BCUT2D eigenvalue weighted by atomic mass is 14.9. The molecule has 1 heteroatoms. The maximum Gasteiger partial charge on any atom is 0.0861 e. The lowest BCUT2D eigenvalue weighted by Gasteiger charge is -2.13. The van der Waals surface area contributed by atoms with Gasteiger partial charge in [-0.2, -0.15) is 0 Å². The molecule has 0 saturated heterocycles. The van der Waals surface area contributed by atoms with Gasteiger partial charge in [0.25, 0.3) is 0 Å². The number of hydrogen-bond donors (Lipinski definition) is 1. The molecule has 0 unspecified atom stereocenters. The number of fused-ring (bicyclic) bond motifs is 1. The molecule has 3 rings (SSSR count). The van der Waals surface area contributed by atoms with Crippen LogP contribution in [0, 0.1) is 11.8 Å². The highest BCUT2D eigenvalue weighted by Crippen LogP contribution is 2.10. The van der Waals surface area contributed by atoms with Crippen LogP contribution in [0.25, 0.3) is 11.8 Å². The summed E-state index contributed by atoms with van der Waals surface area (Å²) in [6.45, 7) is 2.12. The Bertz CT molecular complexity index is 736. The first-order valence-corrected chi connectivity index (χ1v) is 6.76. The molecule has 0 amide bonds. The van der Waals surface area contributed by atoms with Crippen LogP contribution in [0.5, 0.6) is 0 Å². The van der Waals surface area contributed by atoms with Crippen molar-refractivity contribution in [2.45, 2.75) is 26.2 Å². The third kappa shape index (κ3) is 2.63. The highest BCUT2D eigenvalue weighted by Gasteiger charge is 2.05. The van der Waals surface area contributed by atoms with Crippen molar-refractivity contribution in [3.63, 3.8) is 0 Å². The van der Waals surface area contributed by atoms with Gasteiger partial charge in [-0.25, -0.2) is 0 Å². The Balaban J connectivity index is 1.97. The standard InChI is InChI=1S/C18H17N/c1-14-6-4-9-16(13-12-14)19-18-11-5-8-15-7-2-3-10-17(15)18/h2-3,6-8,10,13,19H,5,11-12H2,1H3. The summed E-state index contributed by atoms with van der Waals surface area (Å²) in [6, 6.07) is 8.55. The van der Waals surface area contributed by atoms with E-state index in [1.807, 2.05) is 6.08 Å². The molecule has 94 valence electrons. The van der Waals surface area contributed by atoms with Gasteiger partial charge in [-0.15, -0.1) is 0 Å². The van der Waals surface area contributed by atoms with Crippen LogP contribution in [0.1, 0.15) is 26.2 Å². The van der Waals surface area contributed by atoms with Crippen molar-refractivity contribution >= 4 is 11.8 Å². The molecule has 0 bridgehead atoms. The summed E-state index contributed by atoms with van der Waals surface area (Å²) in [5.74, 6) is 6.28. The number of nitrogens with one attached hydrogen (secondary N) is 1. The monoisotopic (exact) mass is 247 g/mol. The van der Waals surface area contributed by atoms with E-state index in [1.165, 1.54) is 21.7 Å². The Hall–Kier alpha value is -2.20. The maximum absolute atomic E-state index is 3.53. The molecule has 1 nitrogen and oxygen atoms in total. The third-order valence-electron chi connectivity index (χ3n) is 3.48. The first-order valence-electron chi connectivity index (χ1n) is 6.76. The molecule has 1 aromatic carbocycles. The Morgan fingerprint density at radius 2 is 2.05 bits per heavy atom. The number of rotatable bonds is 2. The Morgan fingerprint density at radius 3 is 3.00 bits per heavy atom. The van der Waals surface area contributed by atoms with Crippen LogP contribution in [0.3, 0.4) is 0 Å². The van der Waals surface area contributed by atoms with Gasteiger partial charge in [0.1, 0.15) is 0 Å². The minimum Gasteiger partial charge on any atom is -0.352 e. The predicted octanol–water partition coefficient (Wildman–Crippen LogP) is 2.20. The minimum absolute atomic E-state index is 0.962. The van der Waals surface area contributed by atoms with Crippen LogP contribution in [0.15, 0.2) is 47.7 Å². The molecule has 1 N–H and O–H groups in total. The van der Waals surface area contributed by atoms with Crippen molar-refractivity contribution in [1.29, 1.82) is 0 Å². The van der Waals surface area contributed by atoms with E-state index in [-0.39, 0.29) is 0 Å². The molecule has 0 aromatic heterocycles. The van der Waals surface area contributed by atoms with Gasteiger partial charge in [-0.05, 0) is 49.5 Å². The van der Waals surface area contributed by atoms with Crippen LogP contribution in [-0.2, 0) is 0 Å². The zero-order chi connectivity index (χ0) is 13.1. The largest absolute Gasteiger partial charge is 0.352 e. The van der Waals surface area contributed by atoms with Crippen LogP contribution < -0.4 is 15.8 Å². The second-order valence-electron chi connectivity index (χ2n) is 5.02. The number of allylic oxidation sites excluding steroid dienone is 4. The first kappa shape index (κ1) is 11.9. The van der Waals surface area contributed by atoms with Gasteiger partial charge in [0, 0.05) is 10.9 Å². The summed E-state index contributed by atoms with van der Waals surface area (Å²) >= 11 is 0. The second kappa shape index (κ2) is 5.20. The van der Waals surface area contributed by atoms with E-state index in [4.69, 9.17) is 0 Å². The van der Waals surface area contributed by atoms with Crippen LogP contribution >= 0.6 is 0 Å². The molecule has 2 aliphatic carbocycles. The number of benzene rings is 1. The van der Waals surface area contributed by atoms with Crippen LogP contribution in [-0.4, -0.2) is 0 Å². The van der Waals surface area contributed by atoms with Crippen molar-refractivity contribution in [1.82, 2.24) is 5.32 Å². The summed E-state index contributed by atoms with van der Waals surface area (Å²) in [7, 11) is 0. The lowest BCUT2D eigenvalue weighted by Crippen LogP contribution is -2.33. The quantitative estimate of drug-likeness (QED) is 0.790. The van der Waals surface area contributed by atoms with Gasteiger partial charge < -0.3 is 5.32 Å². The predicted molar refractivity (Wildman–Crippen MR) is 80.2 cm³/mol. The van der Waals surface area contributed by atoms with E-state index in [0.717, 1.165) is 25.0 Å². The Labute approximate surface area is 114 Å². The third-order valence-corrected chi connectivity index (χ3v) is 3.48. The van der Waals surface area contributed by atoms with E-state index in [2.05, 4.69) is 60.5 Å². The van der Waals surface area contributed by atoms with Crippen molar-refractivity contribution < 1.29 is 0 Å². The van der Waals surface area contributed by atoms with E-state index < -0.39 is 0 Å². The summed E-state index contributed by atoms with van der Waals surface area (Å²) < 4.78 is 0. The normalized spacial score (nSPS) is 17.0. The smallest absolute Gasteiger partial charge is 0.0861 e. The summed E-state index contributed by atoms with van der Waals surface area (Å²) in [4.78, 5) is 0. The summed E-state index contributed by atoms with van der Waals surface area (Å²) in [5, 5.41) is 6.16. The molecule has 0 spiro atoms. The lowest BCUT2D eigenvalue weighted by molar-refractivity contribution is 0.962. The first-order chi connectivity index (χ1) is 9.33. The Morgan fingerprint density at radius 1 is 1.16 bits per heavy atom. The highest BCUT2D eigenvalue weighted by molar-refractivity contribution is 5.54. The number of hydrogen-bond acceptors (Lipinski definition) is 1. The zero-order valence-electron chi connectivity index (χ0n) is 11.2. The minimum atomic E-state index is 0.962. The van der Waals surface area contributed by atoms with E-state index in [1.54, 1.807) is 0 Å². The molecular weight excluding hydrogens is 230 g/mol. The SMILES string of the molecule is CC1=CC#CC(NC2=c3ccccc3=CCC2)=CC1. The molecule has 0 fully saturated rings. The molecule has 0 aliphatic heterocycles. The molecule has 2 aliphatic rings. The maximum atomic E-state index is 3.53. The van der Waals surface area contributed by atoms with Gasteiger partial charge in [-0.3, -0.25) is 0 Å². The zero-order valence-corrected chi connectivity index (χ0v) is 11.2. The van der Waals surface area contributed by atoms with Crippen molar-refractivity contribution in [3.05, 3.63) is 58.1 Å². The molecule has 0 radical (unpaired) electrons. The molecule has 19 heavy (non-hydrogen) atoms. The van der Waals surface area contributed by atoms with Gasteiger partial charge >= 0.3 is 0 Å². The average molecular weight is 247 g/mol. The van der Waals surface area contributed by atoms with E-state index in [0.29, 0.717) is 0 Å². The van der Waals surface area contributed by atoms with Gasteiger partial charge in [0.15, 0.2) is 0 Å². The molecular formula is C18H17N. The van der Waals surface area contributed by atoms with Gasteiger partial charge in [0.05, 0.1) is 5.70 Å². The van der Waals surface area contributed by atoms with Crippen LogP contribution in [0.2, 0.25) is 0 Å². The van der Waals surface area contributed by atoms with E-state index >= 15 is 0 Å². The fourth-order valence-corrected chi connectivity index (χ4v) is 2.44. The van der Waals surface area contributed by atoms with Crippen LogP contribution in [0.4, 0.5) is 0 Å². The molecule has 0 saturated carbocycles.